The first-order chi connectivity index (χ1) is 5.34. The van der Waals surface area contributed by atoms with Crippen LogP contribution in [0.4, 0.5) is 0 Å². The molecule has 1 aliphatic rings. The van der Waals surface area contributed by atoms with E-state index in [2.05, 4.69) is 6.92 Å². The molecule has 3 heteroatoms. The Morgan fingerprint density at radius 1 is 1.64 bits per heavy atom. The Balaban J connectivity index is 2.18. The van der Waals surface area contributed by atoms with Crippen LogP contribution in [0.15, 0.2) is 0 Å². The normalized spacial score (nSPS) is 32.2. The molecule has 2 nitrogen and oxygen atoms in total. The first kappa shape index (κ1) is 9.36. The minimum atomic E-state index is -0.514. The predicted molar refractivity (Wildman–Crippen MR) is 47.7 cm³/mol. The van der Waals surface area contributed by atoms with Crippen LogP contribution in [0.2, 0.25) is 0 Å². The second kappa shape index (κ2) is 5.01. The molecule has 0 aromatic heterocycles. The fourth-order valence-electron chi connectivity index (χ4n) is 1.19. The van der Waals surface area contributed by atoms with Crippen molar-refractivity contribution in [2.45, 2.75) is 37.7 Å². The van der Waals surface area contributed by atoms with Crippen molar-refractivity contribution in [1.82, 2.24) is 0 Å². The summed E-state index contributed by atoms with van der Waals surface area (Å²) in [6.45, 7) is 2.87. The maximum absolute atomic E-state index is 9.35. The van der Waals surface area contributed by atoms with Gasteiger partial charge in [0.15, 0.2) is 6.29 Å². The molecule has 1 rings (SSSR count). The van der Waals surface area contributed by atoms with Gasteiger partial charge >= 0.3 is 0 Å². The van der Waals surface area contributed by atoms with Crippen molar-refractivity contribution in [3.05, 3.63) is 0 Å². The van der Waals surface area contributed by atoms with Gasteiger partial charge in [-0.05, 0) is 6.42 Å². The third-order valence-electron chi connectivity index (χ3n) is 1.86. The summed E-state index contributed by atoms with van der Waals surface area (Å²) >= 11 is 1.84. The lowest BCUT2D eigenvalue weighted by Gasteiger charge is -2.27. The van der Waals surface area contributed by atoms with Crippen LogP contribution in [-0.4, -0.2) is 29.0 Å². The van der Waals surface area contributed by atoms with E-state index >= 15 is 0 Å². The lowest BCUT2D eigenvalue weighted by Crippen LogP contribution is -2.32. The van der Waals surface area contributed by atoms with E-state index in [0.717, 1.165) is 12.2 Å². The number of aliphatic hydroxyl groups excluding tert-OH is 1. The Bertz CT molecular complexity index is 108. The van der Waals surface area contributed by atoms with Crippen LogP contribution in [0.1, 0.15) is 26.2 Å². The maximum atomic E-state index is 9.35. The van der Waals surface area contributed by atoms with E-state index in [4.69, 9.17) is 4.74 Å². The summed E-state index contributed by atoms with van der Waals surface area (Å²) in [6, 6.07) is 0. The van der Waals surface area contributed by atoms with Gasteiger partial charge in [0.1, 0.15) is 0 Å². The van der Waals surface area contributed by atoms with Crippen molar-refractivity contribution in [2.75, 3.05) is 12.4 Å². The highest BCUT2D eigenvalue weighted by atomic mass is 32.2. The average Bonchev–Trinajstić information content (AvgIpc) is 2.03. The summed E-state index contributed by atoms with van der Waals surface area (Å²) in [5.41, 5.74) is 0. The van der Waals surface area contributed by atoms with Gasteiger partial charge in [-0.2, -0.15) is 11.8 Å². The van der Waals surface area contributed by atoms with Gasteiger partial charge in [-0.15, -0.1) is 0 Å². The Morgan fingerprint density at radius 3 is 3.09 bits per heavy atom. The van der Waals surface area contributed by atoms with Crippen molar-refractivity contribution in [2.24, 2.45) is 0 Å². The Labute approximate surface area is 72.3 Å². The molecule has 0 unspecified atom stereocenters. The number of unbranched alkanes of at least 4 members (excludes halogenated alkanes) is 1. The van der Waals surface area contributed by atoms with Gasteiger partial charge in [-0.1, -0.05) is 19.8 Å². The zero-order chi connectivity index (χ0) is 8.10. The number of thioether (sulfide) groups is 1. The molecule has 0 aromatic carbocycles. The first-order valence-corrected chi connectivity index (χ1v) is 5.30. The number of hydrogen-bond donors (Lipinski definition) is 1. The van der Waals surface area contributed by atoms with Crippen LogP contribution in [0, 0.1) is 0 Å². The minimum absolute atomic E-state index is 0.323. The van der Waals surface area contributed by atoms with E-state index in [1.54, 1.807) is 0 Å². The fraction of sp³-hybridized carbons (Fsp3) is 1.00. The summed E-state index contributed by atoms with van der Waals surface area (Å²) < 4.78 is 5.12. The Morgan fingerprint density at radius 2 is 2.45 bits per heavy atom. The third-order valence-corrected chi connectivity index (χ3v) is 3.16. The molecule has 1 fully saturated rings. The van der Waals surface area contributed by atoms with Gasteiger partial charge in [-0.3, -0.25) is 0 Å². The molecular weight excluding hydrogens is 160 g/mol. The van der Waals surface area contributed by atoms with Crippen LogP contribution in [-0.2, 0) is 4.74 Å². The topological polar surface area (TPSA) is 29.5 Å². The fourth-order valence-corrected chi connectivity index (χ4v) is 2.26. The van der Waals surface area contributed by atoms with E-state index < -0.39 is 6.29 Å². The lowest BCUT2D eigenvalue weighted by atomic mass is 10.2. The molecule has 0 spiro atoms. The van der Waals surface area contributed by atoms with Crippen LogP contribution in [0.5, 0.6) is 0 Å². The van der Waals surface area contributed by atoms with Gasteiger partial charge in [0.2, 0.25) is 0 Å². The molecular formula is C8H16O2S. The van der Waals surface area contributed by atoms with E-state index in [-0.39, 0.29) is 0 Å². The molecule has 0 aromatic rings. The van der Waals surface area contributed by atoms with Gasteiger partial charge in [0.25, 0.3) is 0 Å². The minimum Gasteiger partial charge on any atom is -0.367 e. The number of rotatable bonds is 3. The van der Waals surface area contributed by atoms with Crippen LogP contribution < -0.4 is 0 Å². The van der Waals surface area contributed by atoms with Crippen molar-refractivity contribution >= 4 is 11.8 Å². The smallest absolute Gasteiger partial charge is 0.166 e. The molecule has 1 N–H and O–H groups in total. The van der Waals surface area contributed by atoms with Crippen molar-refractivity contribution < 1.29 is 9.84 Å². The Hall–Kier alpha value is 0.270. The molecule has 0 amide bonds. The highest BCUT2D eigenvalue weighted by molar-refractivity contribution is 8.00. The van der Waals surface area contributed by atoms with E-state index in [9.17, 15) is 5.11 Å². The SMILES string of the molecule is CCCC[C@@H]1SCCO[C@H]1O. The number of aliphatic hydroxyl groups is 1. The van der Waals surface area contributed by atoms with Gasteiger partial charge in [-0.25, -0.2) is 0 Å². The number of ether oxygens (including phenoxy) is 1. The maximum Gasteiger partial charge on any atom is 0.166 e. The molecule has 1 saturated heterocycles. The third kappa shape index (κ3) is 3.01. The molecule has 1 aliphatic heterocycles. The summed E-state index contributed by atoms with van der Waals surface area (Å²) in [7, 11) is 0. The quantitative estimate of drug-likeness (QED) is 0.708. The van der Waals surface area contributed by atoms with Gasteiger partial charge in [0, 0.05) is 5.75 Å². The largest absolute Gasteiger partial charge is 0.367 e. The molecule has 0 bridgehead atoms. The monoisotopic (exact) mass is 176 g/mol. The van der Waals surface area contributed by atoms with Gasteiger partial charge < -0.3 is 9.84 Å². The molecule has 0 aliphatic carbocycles. The van der Waals surface area contributed by atoms with Crippen LogP contribution in [0.25, 0.3) is 0 Å². The highest BCUT2D eigenvalue weighted by Crippen LogP contribution is 2.25. The van der Waals surface area contributed by atoms with Crippen molar-refractivity contribution in [1.29, 1.82) is 0 Å². The molecule has 0 saturated carbocycles. The van der Waals surface area contributed by atoms with Crippen LogP contribution in [0.3, 0.4) is 0 Å². The van der Waals surface area contributed by atoms with Crippen LogP contribution >= 0.6 is 11.8 Å². The summed E-state index contributed by atoms with van der Waals surface area (Å²) in [5, 5.41) is 9.68. The zero-order valence-electron chi connectivity index (χ0n) is 6.95. The first-order valence-electron chi connectivity index (χ1n) is 4.26. The van der Waals surface area contributed by atoms with Crippen molar-refractivity contribution in [3.8, 4) is 0 Å². The van der Waals surface area contributed by atoms with Gasteiger partial charge in [0.05, 0.1) is 11.9 Å². The zero-order valence-corrected chi connectivity index (χ0v) is 7.77. The predicted octanol–water partition coefficient (Wildman–Crippen LogP) is 1.63. The average molecular weight is 176 g/mol. The highest BCUT2D eigenvalue weighted by Gasteiger charge is 2.23. The summed E-state index contributed by atoms with van der Waals surface area (Å²) in [5.74, 6) is 1.03. The Kier molecular flexibility index (Phi) is 4.26. The van der Waals surface area contributed by atoms with E-state index in [1.807, 2.05) is 11.8 Å². The second-order valence-electron chi connectivity index (χ2n) is 2.81. The van der Waals surface area contributed by atoms with E-state index in [0.29, 0.717) is 11.9 Å². The standard InChI is InChI=1S/C8H16O2S/c1-2-3-4-7-8(9)10-5-6-11-7/h7-9H,2-6H2,1H3/t7-,8+/m0/s1. The molecule has 1 heterocycles. The molecule has 2 atom stereocenters. The second-order valence-corrected chi connectivity index (χ2v) is 4.16. The summed E-state index contributed by atoms with van der Waals surface area (Å²) in [4.78, 5) is 0. The number of hydrogen-bond acceptors (Lipinski definition) is 3. The molecule has 0 radical (unpaired) electrons. The molecule has 11 heavy (non-hydrogen) atoms. The van der Waals surface area contributed by atoms with Crippen molar-refractivity contribution in [3.63, 3.8) is 0 Å². The molecule has 66 valence electrons. The lowest BCUT2D eigenvalue weighted by molar-refractivity contribution is -0.0991. The summed E-state index contributed by atoms with van der Waals surface area (Å²) in [6.07, 6.45) is 2.96. The van der Waals surface area contributed by atoms with E-state index in [1.165, 1.54) is 12.8 Å².